The minimum Gasteiger partial charge on any atom is -0.369 e. The van der Waals surface area contributed by atoms with Crippen LogP contribution in [0.2, 0.25) is 0 Å². The molecule has 0 aromatic carbocycles. The van der Waals surface area contributed by atoms with Gasteiger partial charge in [0.15, 0.2) is 0 Å². The molecule has 132 valence electrons. The SMILES string of the molecule is C=C(C)[C@H](C)C(C(=O)NC(C)C)[C@H](CCC1CCCC1)C(N)=O. The van der Waals surface area contributed by atoms with Gasteiger partial charge in [0.05, 0.1) is 5.92 Å². The first-order valence-corrected chi connectivity index (χ1v) is 8.99. The summed E-state index contributed by atoms with van der Waals surface area (Å²) < 4.78 is 0. The average Bonchev–Trinajstić information content (AvgIpc) is 2.94. The lowest BCUT2D eigenvalue weighted by Gasteiger charge is -2.31. The maximum absolute atomic E-state index is 12.7. The van der Waals surface area contributed by atoms with E-state index in [0.717, 1.165) is 12.0 Å². The summed E-state index contributed by atoms with van der Waals surface area (Å²) >= 11 is 0. The Hall–Kier alpha value is -1.32. The second kappa shape index (κ2) is 9.09. The van der Waals surface area contributed by atoms with Gasteiger partial charge in [-0.3, -0.25) is 9.59 Å². The van der Waals surface area contributed by atoms with E-state index in [9.17, 15) is 9.59 Å². The summed E-state index contributed by atoms with van der Waals surface area (Å²) in [4.78, 5) is 24.8. The third-order valence-electron chi connectivity index (χ3n) is 5.21. The molecule has 23 heavy (non-hydrogen) atoms. The first-order valence-electron chi connectivity index (χ1n) is 8.99. The van der Waals surface area contributed by atoms with Crippen LogP contribution in [0.15, 0.2) is 12.2 Å². The Morgan fingerprint density at radius 2 is 1.78 bits per heavy atom. The highest BCUT2D eigenvalue weighted by Gasteiger charge is 2.37. The maximum atomic E-state index is 12.7. The molecule has 1 saturated carbocycles. The van der Waals surface area contributed by atoms with Gasteiger partial charge in [0.2, 0.25) is 11.8 Å². The summed E-state index contributed by atoms with van der Waals surface area (Å²) in [5.74, 6) is -0.652. The standard InChI is InChI=1S/C19H34N2O2/c1-12(2)14(5)17(19(23)21-13(3)4)16(18(20)22)11-10-15-8-6-7-9-15/h13-17H,1,6-11H2,2-5H3,(H2,20,22)(H,21,23)/t14-,16-,17?/m0/s1. The van der Waals surface area contributed by atoms with E-state index in [-0.39, 0.29) is 23.8 Å². The Morgan fingerprint density at radius 3 is 2.22 bits per heavy atom. The molecule has 0 aliphatic heterocycles. The molecule has 1 aliphatic rings. The van der Waals surface area contributed by atoms with Crippen LogP contribution in [0.5, 0.6) is 0 Å². The van der Waals surface area contributed by atoms with Gasteiger partial charge in [0, 0.05) is 12.0 Å². The van der Waals surface area contributed by atoms with E-state index in [0.29, 0.717) is 12.3 Å². The van der Waals surface area contributed by atoms with Crippen LogP contribution in [0.1, 0.15) is 66.2 Å². The lowest BCUT2D eigenvalue weighted by Crippen LogP contribution is -2.45. The monoisotopic (exact) mass is 322 g/mol. The summed E-state index contributed by atoms with van der Waals surface area (Å²) in [5.41, 5.74) is 6.60. The summed E-state index contributed by atoms with van der Waals surface area (Å²) in [7, 11) is 0. The highest BCUT2D eigenvalue weighted by atomic mass is 16.2. The van der Waals surface area contributed by atoms with E-state index in [2.05, 4.69) is 11.9 Å². The number of allylic oxidation sites excluding steroid dienone is 1. The van der Waals surface area contributed by atoms with Crippen LogP contribution in [-0.2, 0) is 9.59 Å². The van der Waals surface area contributed by atoms with Crippen molar-refractivity contribution >= 4 is 11.8 Å². The molecule has 0 saturated heterocycles. The van der Waals surface area contributed by atoms with E-state index in [1.807, 2.05) is 27.7 Å². The zero-order valence-corrected chi connectivity index (χ0v) is 15.2. The van der Waals surface area contributed by atoms with Gasteiger partial charge in [-0.2, -0.15) is 0 Å². The van der Waals surface area contributed by atoms with E-state index >= 15 is 0 Å². The van der Waals surface area contributed by atoms with Gasteiger partial charge in [0.1, 0.15) is 0 Å². The molecule has 1 aliphatic carbocycles. The summed E-state index contributed by atoms with van der Waals surface area (Å²) in [6.45, 7) is 11.7. The number of carbonyl (C=O) groups is 2. The van der Waals surface area contributed by atoms with Crippen LogP contribution in [0.4, 0.5) is 0 Å². The molecule has 4 heteroatoms. The first-order chi connectivity index (χ1) is 10.7. The zero-order chi connectivity index (χ0) is 17.6. The Morgan fingerprint density at radius 1 is 1.22 bits per heavy atom. The zero-order valence-electron chi connectivity index (χ0n) is 15.2. The van der Waals surface area contributed by atoms with Crippen LogP contribution in [0, 0.1) is 23.7 Å². The molecule has 0 heterocycles. The van der Waals surface area contributed by atoms with Crippen molar-refractivity contribution in [2.45, 2.75) is 72.3 Å². The van der Waals surface area contributed by atoms with Crippen molar-refractivity contribution in [2.24, 2.45) is 29.4 Å². The highest BCUT2D eigenvalue weighted by Crippen LogP contribution is 2.34. The lowest BCUT2D eigenvalue weighted by molar-refractivity contribution is -0.135. The van der Waals surface area contributed by atoms with Crippen LogP contribution >= 0.6 is 0 Å². The number of carbonyl (C=O) groups excluding carboxylic acids is 2. The fourth-order valence-corrected chi connectivity index (χ4v) is 3.66. The number of rotatable bonds is 9. The molecule has 0 aromatic rings. The molecule has 0 bridgehead atoms. The minimum atomic E-state index is -0.422. The van der Waals surface area contributed by atoms with E-state index in [1.54, 1.807) is 0 Å². The molecule has 0 radical (unpaired) electrons. The van der Waals surface area contributed by atoms with Crippen LogP contribution in [0.3, 0.4) is 0 Å². The Bertz CT molecular complexity index is 425. The molecule has 0 aromatic heterocycles. The predicted octanol–water partition coefficient (Wildman–Crippen LogP) is 3.41. The molecule has 3 N–H and O–H groups in total. The molecule has 0 spiro atoms. The Balaban J connectivity index is 2.89. The number of nitrogens with two attached hydrogens (primary N) is 1. The van der Waals surface area contributed by atoms with Crippen molar-refractivity contribution in [1.82, 2.24) is 5.32 Å². The fourth-order valence-electron chi connectivity index (χ4n) is 3.66. The molecular weight excluding hydrogens is 288 g/mol. The van der Waals surface area contributed by atoms with Crippen molar-refractivity contribution in [3.05, 3.63) is 12.2 Å². The van der Waals surface area contributed by atoms with Crippen molar-refractivity contribution in [3.63, 3.8) is 0 Å². The topological polar surface area (TPSA) is 72.2 Å². The van der Waals surface area contributed by atoms with Crippen LogP contribution in [0.25, 0.3) is 0 Å². The smallest absolute Gasteiger partial charge is 0.224 e. The maximum Gasteiger partial charge on any atom is 0.224 e. The summed E-state index contributed by atoms with van der Waals surface area (Å²) in [5, 5.41) is 2.95. The van der Waals surface area contributed by atoms with E-state index in [4.69, 9.17) is 5.73 Å². The van der Waals surface area contributed by atoms with Gasteiger partial charge in [-0.05, 0) is 45.4 Å². The normalized spacial score (nSPS) is 19.3. The fraction of sp³-hybridized carbons (Fsp3) is 0.789. The van der Waals surface area contributed by atoms with Gasteiger partial charge >= 0.3 is 0 Å². The number of nitrogens with one attached hydrogen (secondary N) is 1. The van der Waals surface area contributed by atoms with Crippen molar-refractivity contribution in [2.75, 3.05) is 0 Å². The number of hydrogen-bond donors (Lipinski definition) is 2. The van der Waals surface area contributed by atoms with Crippen LogP contribution < -0.4 is 11.1 Å². The summed E-state index contributed by atoms with van der Waals surface area (Å²) in [6.07, 6.45) is 6.74. The van der Waals surface area contributed by atoms with Gasteiger partial charge in [0.25, 0.3) is 0 Å². The highest BCUT2D eigenvalue weighted by molar-refractivity contribution is 5.87. The van der Waals surface area contributed by atoms with E-state index in [1.165, 1.54) is 25.7 Å². The third-order valence-corrected chi connectivity index (χ3v) is 5.21. The number of primary amides is 1. The van der Waals surface area contributed by atoms with Gasteiger partial charge in [-0.15, -0.1) is 0 Å². The molecule has 1 fully saturated rings. The van der Waals surface area contributed by atoms with Crippen molar-refractivity contribution in [3.8, 4) is 0 Å². The van der Waals surface area contributed by atoms with Crippen molar-refractivity contribution < 1.29 is 9.59 Å². The third kappa shape index (κ3) is 6.00. The molecule has 4 nitrogen and oxygen atoms in total. The second-order valence-electron chi connectivity index (χ2n) is 7.56. The summed E-state index contributed by atoms with van der Waals surface area (Å²) in [6, 6.07) is 0.0469. The average molecular weight is 322 g/mol. The Labute approximate surface area is 141 Å². The number of hydrogen-bond acceptors (Lipinski definition) is 2. The van der Waals surface area contributed by atoms with Gasteiger partial charge < -0.3 is 11.1 Å². The van der Waals surface area contributed by atoms with E-state index < -0.39 is 11.8 Å². The number of amides is 2. The van der Waals surface area contributed by atoms with Gasteiger partial charge in [-0.25, -0.2) is 0 Å². The van der Waals surface area contributed by atoms with Gasteiger partial charge in [-0.1, -0.05) is 44.8 Å². The first kappa shape index (κ1) is 19.7. The molecule has 2 amide bonds. The molecule has 1 rings (SSSR count). The predicted molar refractivity (Wildman–Crippen MR) is 94.6 cm³/mol. The Kier molecular flexibility index (Phi) is 7.80. The minimum absolute atomic E-state index is 0.0469. The van der Waals surface area contributed by atoms with Crippen molar-refractivity contribution in [1.29, 1.82) is 0 Å². The molecule has 1 unspecified atom stereocenters. The molecule has 3 atom stereocenters. The quantitative estimate of drug-likeness (QED) is 0.638. The lowest BCUT2D eigenvalue weighted by atomic mass is 9.75. The van der Waals surface area contributed by atoms with Crippen LogP contribution in [-0.4, -0.2) is 17.9 Å². The largest absolute Gasteiger partial charge is 0.369 e. The molecular formula is C19H34N2O2. The second-order valence-corrected chi connectivity index (χ2v) is 7.56.